The number of carbonyl (C=O) groups is 1. The lowest BCUT2D eigenvalue weighted by Gasteiger charge is -2.35. The molecule has 1 aromatic rings. The van der Waals surface area contributed by atoms with Crippen LogP contribution in [0.1, 0.15) is 5.56 Å². The zero-order valence-corrected chi connectivity index (χ0v) is 9.31. The van der Waals surface area contributed by atoms with Crippen LogP contribution in [0.5, 0.6) is 0 Å². The fourth-order valence-corrected chi connectivity index (χ4v) is 1.91. The Balaban J connectivity index is 2.26. The lowest BCUT2D eigenvalue weighted by Crippen LogP contribution is -2.57. The van der Waals surface area contributed by atoms with Crippen molar-refractivity contribution in [3.8, 4) is 0 Å². The van der Waals surface area contributed by atoms with Gasteiger partial charge in [-0.15, -0.1) is 0 Å². The van der Waals surface area contributed by atoms with Crippen LogP contribution in [0.25, 0.3) is 0 Å². The molecule has 0 aliphatic carbocycles. The zero-order chi connectivity index (χ0) is 11.5. The van der Waals surface area contributed by atoms with Gasteiger partial charge in [-0.25, -0.2) is 4.98 Å². The second kappa shape index (κ2) is 4.49. The number of nitrogens with zero attached hydrogens (tertiary/aromatic N) is 2. The topological polar surface area (TPSA) is 71.2 Å². The Labute approximate surface area is 94.6 Å². The van der Waals surface area contributed by atoms with Gasteiger partial charge >= 0.3 is 0 Å². The van der Waals surface area contributed by atoms with Crippen molar-refractivity contribution in [1.29, 1.82) is 0 Å². The van der Waals surface area contributed by atoms with E-state index in [1.165, 1.54) is 0 Å². The predicted octanol–water partition coefficient (Wildman–Crippen LogP) is -0.346. The fraction of sp³-hybridized carbons (Fsp3) is 0.455. The average molecular weight is 220 g/mol. The maximum Gasteiger partial charge on any atom is 0.241 e. The molecule has 1 aliphatic rings. The highest BCUT2D eigenvalue weighted by atomic mass is 16.1. The molecule has 3 N–H and O–H groups in total. The molecular formula is C11H16N4O. The number of pyridine rings is 1. The number of nitrogens with two attached hydrogens (primary N) is 1. The number of aromatic nitrogens is 1. The first-order valence-corrected chi connectivity index (χ1v) is 5.38. The summed E-state index contributed by atoms with van der Waals surface area (Å²) in [5.74, 6) is 0.515. The Morgan fingerprint density at radius 3 is 3.19 bits per heavy atom. The molecule has 1 atom stereocenters. The van der Waals surface area contributed by atoms with E-state index in [1.54, 1.807) is 6.20 Å². The van der Waals surface area contributed by atoms with Gasteiger partial charge in [0.05, 0.1) is 0 Å². The first-order chi connectivity index (χ1) is 7.68. The maximum atomic E-state index is 11.3. The monoisotopic (exact) mass is 220 g/mol. The van der Waals surface area contributed by atoms with Gasteiger partial charge in [0.2, 0.25) is 5.91 Å². The summed E-state index contributed by atoms with van der Waals surface area (Å²) in [6.45, 7) is 4.20. The van der Waals surface area contributed by atoms with Crippen LogP contribution >= 0.6 is 0 Å². The van der Waals surface area contributed by atoms with Crippen molar-refractivity contribution >= 4 is 11.7 Å². The number of anilines is 1. The second-order valence-electron chi connectivity index (χ2n) is 4.01. The minimum Gasteiger partial charge on any atom is -0.368 e. The largest absolute Gasteiger partial charge is 0.368 e. The van der Waals surface area contributed by atoms with Gasteiger partial charge in [0.25, 0.3) is 0 Å². The zero-order valence-electron chi connectivity index (χ0n) is 9.31. The third-order valence-corrected chi connectivity index (χ3v) is 2.77. The van der Waals surface area contributed by atoms with Gasteiger partial charge in [0.1, 0.15) is 11.9 Å². The number of hydrogen-bond acceptors (Lipinski definition) is 4. The van der Waals surface area contributed by atoms with Crippen LogP contribution in [-0.4, -0.2) is 36.6 Å². The molecule has 2 heterocycles. The Kier molecular flexibility index (Phi) is 3.05. The SMILES string of the molecule is Cc1ccnc(N2CCNCC2C(N)=O)c1. The molecule has 86 valence electrons. The molecule has 1 saturated heterocycles. The van der Waals surface area contributed by atoms with Gasteiger partial charge in [-0.05, 0) is 24.6 Å². The summed E-state index contributed by atoms with van der Waals surface area (Å²) >= 11 is 0. The maximum absolute atomic E-state index is 11.3. The van der Waals surface area contributed by atoms with Crippen molar-refractivity contribution in [2.45, 2.75) is 13.0 Å². The molecular weight excluding hydrogens is 204 g/mol. The van der Waals surface area contributed by atoms with Crippen LogP contribution in [0.15, 0.2) is 18.3 Å². The number of piperazine rings is 1. The Morgan fingerprint density at radius 1 is 1.69 bits per heavy atom. The summed E-state index contributed by atoms with van der Waals surface area (Å²) in [7, 11) is 0. The van der Waals surface area contributed by atoms with Crippen LogP contribution in [0.2, 0.25) is 0 Å². The number of rotatable bonds is 2. The molecule has 5 heteroatoms. The normalized spacial score (nSPS) is 20.8. The average Bonchev–Trinajstić information content (AvgIpc) is 2.29. The molecule has 5 nitrogen and oxygen atoms in total. The molecule has 1 aromatic heterocycles. The van der Waals surface area contributed by atoms with Gasteiger partial charge in [-0.1, -0.05) is 0 Å². The van der Waals surface area contributed by atoms with Crippen LogP contribution in [0.4, 0.5) is 5.82 Å². The van der Waals surface area contributed by atoms with Gasteiger partial charge in [-0.3, -0.25) is 4.79 Å². The fourth-order valence-electron chi connectivity index (χ4n) is 1.91. The molecule has 1 amide bonds. The van der Waals surface area contributed by atoms with Crippen molar-refractivity contribution in [3.63, 3.8) is 0 Å². The quantitative estimate of drug-likeness (QED) is 0.715. The van der Waals surface area contributed by atoms with Crippen molar-refractivity contribution in [2.24, 2.45) is 5.73 Å². The smallest absolute Gasteiger partial charge is 0.241 e. The number of nitrogens with one attached hydrogen (secondary N) is 1. The van der Waals surface area contributed by atoms with E-state index < -0.39 is 0 Å². The van der Waals surface area contributed by atoms with Crippen molar-refractivity contribution in [1.82, 2.24) is 10.3 Å². The molecule has 0 aromatic carbocycles. The van der Waals surface area contributed by atoms with Crippen LogP contribution in [-0.2, 0) is 4.79 Å². The first kappa shape index (κ1) is 10.9. The van der Waals surface area contributed by atoms with Gasteiger partial charge in [0.15, 0.2) is 0 Å². The second-order valence-corrected chi connectivity index (χ2v) is 4.01. The molecule has 0 saturated carbocycles. The molecule has 0 radical (unpaired) electrons. The lowest BCUT2D eigenvalue weighted by atomic mass is 10.1. The van der Waals surface area contributed by atoms with Crippen molar-refractivity contribution < 1.29 is 4.79 Å². The summed E-state index contributed by atoms with van der Waals surface area (Å²) in [4.78, 5) is 17.6. The Morgan fingerprint density at radius 2 is 2.50 bits per heavy atom. The lowest BCUT2D eigenvalue weighted by molar-refractivity contribution is -0.119. The molecule has 1 aliphatic heterocycles. The highest BCUT2D eigenvalue weighted by Crippen LogP contribution is 2.16. The van der Waals surface area contributed by atoms with Gasteiger partial charge in [0, 0.05) is 25.8 Å². The molecule has 1 fully saturated rings. The van der Waals surface area contributed by atoms with E-state index in [1.807, 2.05) is 24.0 Å². The van der Waals surface area contributed by atoms with Crippen LogP contribution in [0, 0.1) is 6.92 Å². The van der Waals surface area contributed by atoms with E-state index in [0.29, 0.717) is 6.54 Å². The van der Waals surface area contributed by atoms with E-state index in [4.69, 9.17) is 5.73 Å². The minimum atomic E-state index is -0.310. The highest BCUT2D eigenvalue weighted by Gasteiger charge is 2.27. The van der Waals surface area contributed by atoms with E-state index in [-0.39, 0.29) is 11.9 Å². The summed E-state index contributed by atoms with van der Waals surface area (Å²) < 4.78 is 0. The van der Waals surface area contributed by atoms with Gasteiger partial charge < -0.3 is 16.0 Å². The number of amides is 1. The number of hydrogen-bond donors (Lipinski definition) is 2. The molecule has 2 rings (SSSR count). The van der Waals surface area contributed by atoms with Gasteiger partial charge in [-0.2, -0.15) is 0 Å². The van der Waals surface area contributed by atoms with Crippen LogP contribution in [0.3, 0.4) is 0 Å². The number of primary amides is 1. The van der Waals surface area contributed by atoms with E-state index >= 15 is 0 Å². The third-order valence-electron chi connectivity index (χ3n) is 2.77. The number of carbonyl (C=O) groups excluding carboxylic acids is 1. The summed E-state index contributed by atoms with van der Waals surface area (Å²) in [5, 5.41) is 3.16. The van der Waals surface area contributed by atoms with E-state index in [0.717, 1.165) is 24.5 Å². The Bertz CT molecular complexity index is 393. The minimum absolute atomic E-state index is 0.303. The van der Waals surface area contributed by atoms with E-state index in [9.17, 15) is 4.79 Å². The third kappa shape index (κ3) is 2.14. The van der Waals surface area contributed by atoms with Crippen LogP contribution < -0.4 is 16.0 Å². The number of aryl methyl sites for hydroxylation is 1. The van der Waals surface area contributed by atoms with Crippen molar-refractivity contribution in [3.05, 3.63) is 23.9 Å². The molecule has 0 bridgehead atoms. The first-order valence-electron chi connectivity index (χ1n) is 5.38. The molecule has 0 spiro atoms. The standard InChI is InChI=1S/C11H16N4O/c1-8-2-3-14-10(6-8)15-5-4-13-7-9(15)11(12)16/h2-3,6,9,13H,4-5,7H2,1H3,(H2,12,16). The summed E-state index contributed by atoms with van der Waals surface area (Å²) in [5.41, 5.74) is 6.52. The predicted molar refractivity (Wildman–Crippen MR) is 62.2 cm³/mol. The highest BCUT2D eigenvalue weighted by molar-refractivity contribution is 5.83. The summed E-state index contributed by atoms with van der Waals surface area (Å²) in [6.07, 6.45) is 1.75. The molecule has 16 heavy (non-hydrogen) atoms. The summed E-state index contributed by atoms with van der Waals surface area (Å²) in [6, 6.07) is 3.61. The van der Waals surface area contributed by atoms with Crippen molar-refractivity contribution in [2.75, 3.05) is 24.5 Å². The molecule has 1 unspecified atom stereocenters. The van der Waals surface area contributed by atoms with E-state index in [2.05, 4.69) is 10.3 Å². The Hall–Kier alpha value is -1.62.